The number of halogens is 1. The number of benzene rings is 1. The SMILES string of the molecule is Cl.N#Cc1ccc(-c2ccc(C(=O)N[C@H]3CN4CCC3CC4)o2)cc1. The second-order valence-corrected chi connectivity index (χ2v) is 6.57. The molecular formula is C19H20ClN3O2. The first-order valence-electron chi connectivity index (χ1n) is 8.36. The van der Waals surface area contributed by atoms with Gasteiger partial charge in [-0.3, -0.25) is 4.79 Å². The number of hydrogen-bond donors (Lipinski definition) is 1. The van der Waals surface area contributed by atoms with Gasteiger partial charge in [0.25, 0.3) is 5.91 Å². The zero-order valence-corrected chi connectivity index (χ0v) is 14.6. The highest BCUT2D eigenvalue weighted by molar-refractivity contribution is 5.92. The van der Waals surface area contributed by atoms with Crippen molar-refractivity contribution in [1.29, 1.82) is 5.26 Å². The molecule has 3 aliphatic heterocycles. The molecule has 3 fully saturated rings. The molecule has 5 rings (SSSR count). The van der Waals surface area contributed by atoms with E-state index in [1.165, 1.54) is 12.8 Å². The second kappa shape index (κ2) is 7.30. The summed E-state index contributed by atoms with van der Waals surface area (Å²) in [5.41, 5.74) is 1.46. The lowest BCUT2D eigenvalue weighted by atomic mass is 9.84. The fraction of sp³-hybridized carbons (Fsp3) is 0.368. The normalized spacial score (nSPS) is 24.2. The molecule has 1 aromatic carbocycles. The van der Waals surface area contributed by atoms with E-state index in [-0.39, 0.29) is 24.4 Å². The van der Waals surface area contributed by atoms with Crippen molar-refractivity contribution in [2.75, 3.05) is 19.6 Å². The van der Waals surface area contributed by atoms with Gasteiger partial charge in [0.05, 0.1) is 11.6 Å². The van der Waals surface area contributed by atoms with Gasteiger partial charge >= 0.3 is 0 Å². The number of rotatable bonds is 3. The number of hydrogen-bond acceptors (Lipinski definition) is 4. The van der Waals surface area contributed by atoms with Crippen LogP contribution in [0.4, 0.5) is 0 Å². The molecule has 0 spiro atoms. The molecule has 5 nitrogen and oxygen atoms in total. The Hall–Kier alpha value is -2.29. The molecule has 0 unspecified atom stereocenters. The molecule has 1 atom stereocenters. The van der Waals surface area contributed by atoms with Gasteiger partial charge < -0.3 is 14.6 Å². The molecule has 25 heavy (non-hydrogen) atoms. The van der Waals surface area contributed by atoms with Gasteiger partial charge in [-0.2, -0.15) is 5.26 Å². The first-order chi connectivity index (χ1) is 11.7. The minimum Gasteiger partial charge on any atom is -0.451 e. The van der Waals surface area contributed by atoms with Crippen molar-refractivity contribution in [3.63, 3.8) is 0 Å². The molecule has 0 saturated carbocycles. The van der Waals surface area contributed by atoms with Crippen LogP contribution >= 0.6 is 12.4 Å². The van der Waals surface area contributed by atoms with Gasteiger partial charge in [-0.25, -0.2) is 0 Å². The van der Waals surface area contributed by atoms with Crippen LogP contribution in [0, 0.1) is 17.2 Å². The van der Waals surface area contributed by atoms with E-state index in [0.29, 0.717) is 23.0 Å². The van der Waals surface area contributed by atoms with Crippen LogP contribution in [-0.2, 0) is 0 Å². The van der Waals surface area contributed by atoms with E-state index in [4.69, 9.17) is 9.68 Å². The van der Waals surface area contributed by atoms with Crippen molar-refractivity contribution in [3.8, 4) is 17.4 Å². The lowest BCUT2D eigenvalue weighted by Gasteiger charge is -2.44. The predicted molar refractivity (Wildman–Crippen MR) is 96.5 cm³/mol. The Bertz CT molecular complexity index is 786. The molecule has 130 valence electrons. The number of carbonyl (C=O) groups excluding carboxylic acids is 1. The monoisotopic (exact) mass is 357 g/mol. The van der Waals surface area contributed by atoms with Gasteiger partial charge in [-0.1, -0.05) is 0 Å². The molecule has 1 amide bonds. The number of nitriles is 1. The van der Waals surface area contributed by atoms with Crippen molar-refractivity contribution in [3.05, 3.63) is 47.7 Å². The fourth-order valence-corrected chi connectivity index (χ4v) is 3.69. The lowest BCUT2D eigenvalue weighted by Crippen LogP contribution is -2.57. The molecule has 4 heterocycles. The van der Waals surface area contributed by atoms with Gasteiger partial charge in [0.15, 0.2) is 5.76 Å². The molecule has 1 N–H and O–H groups in total. The molecule has 3 aliphatic rings. The quantitative estimate of drug-likeness (QED) is 0.916. The summed E-state index contributed by atoms with van der Waals surface area (Å²) in [6.45, 7) is 3.25. The molecule has 0 radical (unpaired) electrons. The van der Waals surface area contributed by atoms with E-state index < -0.39 is 0 Å². The second-order valence-electron chi connectivity index (χ2n) is 6.57. The Morgan fingerprint density at radius 2 is 1.88 bits per heavy atom. The molecule has 6 heteroatoms. The minimum absolute atomic E-state index is 0. The van der Waals surface area contributed by atoms with E-state index in [0.717, 1.165) is 25.2 Å². The third-order valence-corrected chi connectivity index (χ3v) is 5.10. The summed E-state index contributed by atoms with van der Waals surface area (Å²) in [7, 11) is 0. The van der Waals surface area contributed by atoms with Crippen molar-refractivity contribution in [2.45, 2.75) is 18.9 Å². The van der Waals surface area contributed by atoms with E-state index >= 15 is 0 Å². The van der Waals surface area contributed by atoms with Crippen LogP contribution in [0.1, 0.15) is 29.0 Å². The maximum Gasteiger partial charge on any atom is 0.287 e. The van der Waals surface area contributed by atoms with Crippen molar-refractivity contribution >= 4 is 18.3 Å². The average molecular weight is 358 g/mol. The standard InChI is InChI=1S/C19H19N3O2.ClH/c20-11-13-1-3-15(4-2-13)17-5-6-18(24-17)19(23)21-16-12-22-9-7-14(16)8-10-22;/h1-6,14,16H,7-10,12H2,(H,21,23);1H/t16-;/m0./s1. The van der Waals surface area contributed by atoms with Crippen molar-refractivity contribution in [1.82, 2.24) is 10.2 Å². The van der Waals surface area contributed by atoms with Crippen LogP contribution in [0.25, 0.3) is 11.3 Å². The zero-order chi connectivity index (χ0) is 16.5. The molecule has 0 aliphatic carbocycles. The molecule has 2 aromatic rings. The van der Waals surface area contributed by atoms with E-state index in [9.17, 15) is 4.79 Å². The maximum atomic E-state index is 12.5. The summed E-state index contributed by atoms with van der Waals surface area (Å²) in [6.07, 6.45) is 2.33. The lowest BCUT2D eigenvalue weighted by molar-refractivity contribution is 0.0606. The number of nitrogens with one attached hydrogen (secondary N) is 1. The average Bonchev–Trinajstić information content (AvgIpc) is 3.13. The van der Waals surface area contributed by atoms with Crippen LogP contribution in [0.3, 0.4) is 0 Å². The topological polar surface area (TPSA) is 69.3 Å². The van der Waals surface area contributed by atoms with Crippen LogP contribution < -0.4 is 5.32 Å². The highest BCUT2D eigenvalue weighted by atomic mass is 35.5. The van der Waals surface area contributed by atoms with Crippen LogP contribution in [0.2, 0.25) is 0 Å². The minimum atomic E-state index is -0.145. The van der Waals surface area contributed by atoms with E-state index in [1.807, 2.05) is 12.1 Å². The molecule has 2 bridgehead atoms. The van der Waals surface area contributed by atoms with Crippen LogP contribution in [0.15, 0.2) is 40.8 Å². The summed E-state index contributed by atoms with van der Waals surface area (Å²) in [4.78, 5) is 14.9. The molecule has 1 aromatic heterocycles. The number of furan rings is 1. The Morgan fingerprint density at radius 3 is 2.48 bits per heavy atom. The number of piperidine rings is 3. The van der Waals surface area contributed by atoms with Gasteiger partial charge in [-0.15, -0.1) is 12.4 Å². The third-order valence-electron chi connectivity index (χ3n) is 5.10. The highest BCUT2D eigenvalue weighted by Crippen LogP contribution is 2.28. The van der Waals surface area contributed by atoms with Crippen molar-refractivity contribution in [2.24, 2.45) is 5.92 Å². The smallest absolute Gasteiger partial charge is 0.287 e. The third kappa shape index (κ3) is 3.55. The first-order valence-corrected chi connectivity index (χ1v) is 8.36. The van der Waals surface area contributed by atoms with E-state index in [2.05, 4.69) is 16.3 Å². The summed E-state index contributed by atoms with van der Waals surface area (Å²) in [5, 5.41) is 12.0. The number of fused-ring (bicyclic) bond motifs is 3. The Labute approximate surface area is 153 Å². The van der Waals surface area contributed by atoms with Gasteiger partial charge in [0.2, 0.25) is 0 Å². The van der Waals surface area contributed by atoms with Crippen molar-refractivity contribution < 1.29 is 9.21 Å². The predicted octanol–water partition coefficient (Wildman–Crippen LogP) is 3.06. The Kier molecular flexibility index (Phi) is 5.12. The number of nitrogens with zero attached hydrogens (tertiary/aromatic N) is 2. The first kappa shape index (κ1) is 17.5. The highest BCUT2D eigenvalue weighted by Gasteiger charge is 2.35. The van der Waals surface area contributed by atoms with Gasteiger partial charge in [-0.05, 0) is 68.2 Å². The fourth-order valence-electron chi connectivity index (χ4n) is 3.69. The largest absolute Gasteiger partial charge is 0.451 e. The van der Waals surface area contributed by atoms with Crippen LogP contribution in [0.5, 0.6) is 0 Å². The summed E-state index contributed by atoms with van der Waals surface area (Å²) >= 11 is 0. The summed E-state index contributed by atoms with van der Waals surface area (Å²) in [6, 6.07) is 13.0. The zero-order valence-electron chi connectivity index (χ0n) is 13.8. The number of carbonyl (C=O) groups is 1. The van der Waals surface area contributed by atoms with Gasteiger partial charge in [0.1, 0.15) is 5.76 Å². The molecular weight excluding hydrogens is 338 g/mol. The Morgan fingerprint density at radius 1 is 1.16 bits per heavy atom. The maximum absolute atomic E-state index is 12.5. The van der Waals surface area contributed by atoms with Crippen LogP contribution in [-0.4, -0.2) is 36.5 Å². The number of amides is 1. The summed E-state index contributed by atoms with van der Waals surface area (Å²) < 4.78 is 5.72. The van der Waals surface area contributed by atoms with E-state index in [1.54, 1.807) is 24.3 Å². The summed E-state index contributed by atoms with van der Waals surface area (Å²) in [5.74, 6) is 1.42. The molecule has 3 saturated heterocycles. The van der Waals surface area contributed by atoms with Gasteiger partial charge in [0, 0.05) is 18.2 Å². The Balaban J connectivity index is 0.00000182.